The Bertz CT molecular complexity index is 491. The lowest BCUT2D eigenvalue weighted by Gasteiger charge is -2.44. The van der Waals surface area contributed by atoms with Crippen LogP contribution in [0.4, 0.5) is 0 Å². The summed E-state index contributed by atoms with van der Waals surface area (Å²) in [5.41, 5.74) is -1.09. The van der Waals surface area contributed by atoms with Crippen LogP contribution in [0, 0.1) is 16.7 Å². The van der Waals surface area contributed by atoms with E-state index in [-0.39, 0.29) is 0 Å². The van der Waals surface area contributed by atoms with Crippen molar-refractivity contribution in [2.75, 3.05) is 13.2 Å². The monoisotopic (exact) mass is 323 g/mol. The summed E-state index contributed by atoms with van der Waals surface area (Å²) >= 11 is 3.43. The highest BCUT2D eigenvalue weighted by Gasteiger charge is 2.51. The minimum atomic E-state index is -1.13. The van der Waals surface area contributed by atoms with Crippen LogP contribution in [0.5, 0.6) is 0 Å². The molecule has 0 aromatic heterocycles. The van der Waals surface area contributed by atoms with Crippen LogP contribution < -0.4 is 0 Å². The number of halogens is 1. The standard InChI is InChI=1S/C15H18BrNO2/c1-2-15(18,12-4-3-5-13(16)10-12)14(11-17)6-8-19-9-7-14/h3-5,10,18H,2,6-9H2,1H3. The molecule has 0 radical (unpaired) electrons. The molecule has 0 amide bonds. The Hall–Kier alpha value is -0.890. The first-order valence-corrected chi connectivity index (χ1v) is 7.35. The van der Waals surface area contributed by atoms with Gasteiger partial charge in [0.1, 0.15) is 5.60 Å². The molecule has 102 valence electrons. The molecule has 1 atom stereocenters. The maximum atomic E-state index is 11.2. The molecule has 0 saturated carbocycles. The number of rotatable bonds is 3. The smallest absolute Gasteiger partial charge is 0.108 e. The van der Waals surface area contributed by atoms with E-state index in [1.807, 2.05) is 31.2 Å². The molecule has 0 spiro atoms. The van der Waals surface area contributed by atoms with E-state index in [4.69, 9.17) is 4.74 Å². The molecule has 2 rings (SSSR count). The van der Waals surface area contributed by atoms with Crippen molar-refractivity contribution < 1.29 is 9.84 Å². The molecule has 0 bridgehead atoms. The average molecular weight is 324 g/mol. The first-order valence-electron chi connectivity index (χ1n) is 6.55. The van der Waals surface area contributed by atoms with E-state index in [2.05, 4.69) is 22.0 Å². The van der Waals surface area contributed by atoms with Crippen LogP contribution >= 0.6 is 15.9 Å². The van der Waals surface area contributed by atoms with Gasteiger partial charge in [0.2, 0.25) is 0 Å². The molecule has 3 nitrogen and oxygen atoms in total. The van der Waals surface area contributed by atoms with E-state index < -0.39 is 11.0 Å². The van der Waals surface area contributed by atoms with Gasteiger partial charge in [-0.3, -0.25) is 0 Å². The zero-order valence-corrected chi connectivity index (χ0v) is 12.6. The second-order valence-electron chi connectivity index (χ2n) is 5.03. The summed E-state index contributed by atoms with van der Waals surface area (Å²) in [4.78, 5) is 0. The van der Waals surface area contributed by atoms with Gasteiger partial charge in [0.15, 0.2) is 0 Å². The average Bonchev–Trinajstić information content (AvgIpc) is 2.47. The summed E-state index contributed by atoms with van der Waals surface area (Å²) in [7, 11) is 0. The van der Waals surface area contributed by atoms with E-state index in [0.717, 1.165) is 10.0 Å². The van der Waals surface area contributed by atoms with Crippen molar-refractivity contribution in [1.82, 2.24) is 0 Å². The van der Waals surface area contributed by atoms with Crippen LogP contribution in [0.2, 0.25) is 0 Å². The third kappa shape index (κ3) is 2.43. The zero-order chi connectivity index (χ0) is 13.9. The van der Waals surface area contributed by atoms with Gasteiger partial charge in [-0.15, -0.1) is 0 Å². The molecule has 1 aliphatic rings. The van der Waals surface area contributed by atoms with Crippen molar-refractivity contribution in [3.05, 3.63) is 34.3 Å². The normalized spacial score (nSPS) is 21.4. The van der Waals surface area contributed by atoms with Gasteiger partial charge < -0.3 is 9.84 Å². The SMILES string of the molecule is CCC(O)(c1cccc(Br)c1)C1(C#N)CCOCC1. The van der Waals surface area contributed by atoms with Gasteiger partial charge in [-0.25, -0.2) is 0 Å². The Morgan fingerprint density at radius 1 is 1.47 bits per heavy atom. The van der Waals surface area contributed by atoms with Crippen LogP contribution in [0.3, 0.4) is 0 Å². The molecule has 0 aliphatic carbocycles. The highest BCUT2D eigenvalue weighted by atomic mass is 79.9. The van der Waals surface area contributed by atoms with Gasteiger partial charge in [-0.05, 0) is 37.0 Å². The minimum absolute atomic E-state index is 0.511. The van der Waals surface area contributed by atoms with Crippen LogP contribution in [0.1, 0.15) is 31.7 Å². The van der Waals surface area contributed by atoms with Crippen LogP contribution in [-0.2, 0) is 10.3 Å². The van der Waals surface area contributed by atoms with Crippen LogP contribution in [0.15, 0.2) is 28.7 Å². The largest absolute Gasteiger partial charge is 0.383 e. The number of nitriles is 1. The van der Waals surface area contributed by atoms with Crippen LogP contribution in [0.25, 0.3) is 0 Å². The van der Waals surface area contributed by atoms with Crippen molar-refractivity contribution in [3.8, 4) is 6.07 Å². The van der Waals surface area contributed by atoms with Gasteiger partial charge >= 0.3 is 0 Å². The molecule has 1 unspecified atom stereocenters. The Morgan fingerprint density at radius 3 is 2.68 bits per heavy atom. The number of ether oxygens (including phenoxy) is 1. The summed E-state index contributed by atoms with van der Waals surface area (Å²) < 4.78 is 6.27. The molecule has 19 heavy (non-hydrogen) atoms. The van der Waals surface area contributed by atoms with Gasteiger partial charge in [0.25, 0.3) is 0 Å². The fraction of sp³-hybridized carbons (Fsp3) is 0.533. The highest BCUT2D eigenvalue weighted by Crippen LogP contribution is 2.49. The van der Waals surface area contributed by atoms with E-state index in [1.54, 1.807) is 0 Å². The van der Waals surface area contributed by atoms with Gasteiger partial charge in [0, 0.05) is 17.7 Å². The topological polar surface area (TPSA) is 53.2 Å². The summed E-state index contributed by atoms with van der Waals surface area (Å²) in [5, 5.41) is 20.9. The summed E-state index contributed by atoms with van der Waals surface area (Å²) in [6.45, 7) is 2.99. The molecule has 1 aromatic rings. The Labute approximate surface area is 122 Å². The Kier molecular flexibility index (Phi) is 4.29. The fourth-order valence-corrected chi connectivity index (χ4v) is 3.30. The quantitative estimate of drug-likeness (QED) is 0.927. The van der Waals surface area contributed by atoms with Crippen molar-refractivity contribution in [2.45, 2.75) is 31.8 Å². The van der Waals surface area contributed by atoms with Crippen molar-refractivity contribution in [1.29, 1.82) is 5.26 Å². The first kappa shape index (κ1) is 14.5. The number of hydrogen-bond acceptors (Lipinski definition) is 3. The van der Waals surface area contributed by atoms with Crippen molar-refractivity contribution >= 4 is 15.9 Å². The first-order chi connectivity index (χ1) is 9.08. The second kappa shape index (κ2) is 5.62. The summed E-state index contributed by atoms with van der Waals surface area (Å²) in [6, 6.07) is 9.99. The van der Waals surface area contributed by atoms with Gasteiger partial charge in [-0.2, -0.15) is 5.26 Å². The number of benzene rings is 1. The Balaban J connectivity index is 2.49. The molecule has 4 heteroatoms. The zero-order valence-electron chi connectivity index (χ0n) is 11.0. The second-order valence-corrected chi connectivity index (χ2v) is 5.95. The van der Waals surface area contributed by atoms with Gasteiger partial charge in [-0.1, -0.05) is 35.0 Å². The number of aliphatic hydroxyl groups is 1. The van der Waals surface area contributed by atoms with Crippen molar-refractivity contribution in [2.24, 2.45) is 5.41 Å². The lowest BCUT2D eigenvalue weighted by atomic mass is 9.63. The molecule has 1 heterocycles. The predicted octanol–water partition coefficient (Wildman–Crippen LogP) is 3.37. The van der Waals surface area contributed by atoms with Crippen LogP contribution in [-0.4, -0.2) is 18.3 Å². The predicted molar refractivity (Wildman–Crippen MR) is 76.4 cm³/mol. The van der Waals surface area contributed by atoms with Crippen molar-refractivity contribution in [3.63, 3.8) is 0 Å². The van der Waals surface area contributed by atoms with E-state index >= 15 is 0 Å². The van der Waals surface area contributed by atoms with E-state index in [1.165, 1.54) is 0 Å². The maximum absolute atomic E-state index is 11.2. The lowest BCUT2D eigenvalue weighted by Crippen LogP contribution is -2.48. The minimum Gasteiger partial charge on any atom is -0.383 e. The molecule has 1 N–H and O–H groups in total. The third-order valence-corrected chi connectivity index (χ3v) is 4.66. The number of nitrogens with zero attached hydrogens (tertiary/aromatic N) is 1. The lowest BCUT2D eigenvalue weighted by molar-refractivity contribution is -0.112. The maximum Gasteiger partial charge on any atom is 0.108 e. The molecular weight excluding hydrogens is 306 g/mol. The molecule has 1 aliphatic heterocycles. The number of hydrogen-bond donors (Lipinski definition) is 1. The molecule has 1 aromatic carbocycles. The Morgan fingerprint density at radius 2 is 2.16 bits per heavy atom. The summed E-state index contributed by atoms with van der Waals surface area (Å²) in [6.07, 6.45) is 1.65. The third-order valence-electron chi connectivity index (χ3n) is 4.17. The van der Waals surface area contributed by atoms with E-state index in [0.29, 0.717) is 32.5 Å². The fourth-order valence-electron chi connectivity index (χ4n) is 2.90. The summed E-state index contributed by atoms with van der Waals surface area (Å²) in [5.74, 6) is 0. The van der Waals surface area contributed by atoms with Gasteiger partial charge in [0.05, 0.1) is 11.5 Å². The molecular formula is C15H18BrNO2. The van der Waals surface area contributed by atoms with E-state index in [9.17, 15) is 10.4 Å². The molecule has 1 fully saturated rings. The molecule has 1 saturated heterocycles. The highest BCUT2D eigenvalue weighted by molar-refractivity contribution is 9.10.